The number of benzene rings is 1. The Hall–Kier alpha value is -1.90. The summed E-state index contributed by atoms with van der Waals surface area (Å²) in [5.41, 5.74) is 1.05. The standard InChI is InChI=1S/C20H26N2O3/c1-24-11-5-16-6-12-25-20(14-16)7-9-22(10-8-20)19(23)18-4-2-3-17(13-18)15-21/h2-4,13,16H,5-12,14H2,1H3. The minimum atomic E-state index is -0.0675. The summed E-state index contributed by atoms with van der Waals surface area (Å²) in [6, 6.07) is 9.03. The number of methoxy groups -OCH3 is 1. The molecule has 2 aliphatic heterocycles. The third kappa shape index (κ3) is 4.20. The molecule has 3 rings (SSSR count). The number of ether oxygens (including phenoxy) is 2. The zero-order valence-electron chi connectivity index (χ0n) is 14.9. The van der Waals surface area contributed by atoms with E-state index in [1.807, 2.05) is 4.90 Å². The molecule has 1 aromatic carbocycles. The Balaban J connectivity index is 1.59. The first-order valence-corrected chi connectivity index (χ1v) is 9.08. The Morgan fingerprint density at radius 1 is 1.44 bits per heavy atom. The Kier molecular flexibility index (Phi) is 5.72. The molecule has 5 nitrogen and oxygen atoms in total. The SMILES string of the molecule is COCCC1CCOC2(CCN(C(=O)c3cccc(C#N)c3)CC2)C1. The number of amides is 1. The van der Waals surface area contributed by atoms with Crippen LogP contribution in [-0.2, 0) is 9.47 Å². The van der Waals surface area contributed by atoms with Crippen LogP contribution in [0.3, 0.4) is 0 Å². The van der Waals surface area contributed by atoms with Gasteiger partial charge in [0.05, 0.1) is 17.2 Å². The molecule has 25 heavy (non-hydrogen) atoms. The summed E-state index contributed by atoms with van der Waals surface area (Å²) in [4.78, 5) is 14.6. The first-order chi connectivity index (χ1) is 12.2. The number of carbonyl (C=O) groups excluding carboxylic acids is 1. The van der Waals surface area contributed by atoms with Crippen LogP contribution in [-0.4, -0.2) is 49.8 Å². The van der Waals surface area contributed by atoms with Gasteiger partial charge in [0.15, 0.2) is 0 Å². The molecule has 1 aromatic rings. The lowest BCUT2D eigenvalue weighted by Gasteiger charge is -2.46. The van der Waals surface area contributed by atoms with E-state index in [0.29, 0.717) is 30.1 Å². The minimum Gasteiger partial charge on any atom is -0.385 e. The first-order valence-electron chi connectivity index (χ1n) is 9.08. The highest BCUT2D eigenvalue weighted by Gasteiger charge is 2.41. The average molecular weight is 342 g/mol. The van der Waals surface area contributed by atoms with E-state index in [-0.39, 0.29) is 11.5 Å². The highest BCUT2D eigenvalue weighted by Crippen LogP contribution is 2.39. The van der Waals surface area contributed by atoms with Crippen LogP contribution in [0.2, 0.25) is 0 Å². The van der Waals surface area contributed by atoms with Gasteiger partial charge in [-0.3, -0.25) is 4.79 Å². The van der Waals surface area contributed by atoms with Crippen LogP contribution in [0.5, 0.6) is 0 Å². The van der Waals surface area contributed by atoms with Crippen LogP contribution in [0, 0.1) is 17.2 Å². The number of nitrogens with zero attached hydrogens (tertiary/aromatic N) is 2. The molecule has 0 saturated carbocycles. The van der Waals surface area contributed by atoms with E-state index < -0.39 is 0 Å². The molecule has 1 atom stereocenters. The molecule has 134 valence electrons. The molecule has 2 heterocycles. The van der Waals surface area contributed by atoms with Crippen molar-refractivity contribution in [3.63, 3.8) is 0 Å². The fraction of sp³-hybridized carbons (Fsp3) is 0.600. The van der Waals surface area contributed by atoms with Gasteiger partial charge in [0.25, 0.3) is 5.91 Å². The molecule has 0 aromatic heterocycles. The Morgan fingerprint density at radius 3 is 2.96 bits per heavy atom. The molecule has 0 aliphatic carbocycles. The number of hydrogen-bond donors (Lipinski definition) is 0. The average Bonchev–Trinajstić information content (AvgIpc) is 2.66. The second-order valence-corrected chi connectivity index (χ2v) is 7.16. The van der Waals surface area contributed by atoms with Gasteiger partial charge in [-0.05, 0) is 56.2 Å². The normalized spacial score (nSPS) is 22.6. The quantitative estimate of drug-likeness (QED) is 0.844. The molecular weight excluding hydrogens is 316 g/mol. The van der Waals surface area contributed by atoms with E-state index in [2.05, 4.69) is 6.07 Å². The summed E-state index contributed by atoms with van der Waals surface area (Å²) >= 11 is 0. The van der Waals surface area contributed by atoms with Gasteiger partial charge in [-0.25, -0.2) is 0 Å². The van der Waals surface area contributed by atoms with Gasteiger partial charge in [0, 0.05) is 39.0 Å². The smallest absolute Gasteiger partial charge is 0.253 e. The second kappa shape index (κ2) is 7.99. The van der Waals surface area contributed by atoms with Crippen molar-refractivity contribution in [2.24, 2.45) is 5.92 Å². The highest BCUT2D eigenvalue weighted by atomic mass is 16.5. The minimum absolute atomic E-state index is 0.0127. The molecule has 0 N–H and O–H groups in total. The highest BCUT2D eigenvalue weighted by molar-refractivity contribution is 5.94. The zero-order valence-corrected chi connectivity index (χ0v) is 14.9. The van der Waals surface area contributed by atoms with Crippen molar-refractivity contribution in [2.75, 3.05) is 33.4 Å². The van der Waals surface area contributed by atoms with Crippen LogP contribution >= 0.6 is 0 Å². The summed E-state index contributed by atoms with van der Waals surface area (Å²) in [6.45, 7) is 3.05. The molecular formula is C20H26N2O3. The van der Waals surface area contributed by atoms with Crippen molar-refractivity contribution < 1.29 is 14.3 Å². The van der Waals surface area contributed by atoms with Crippen LogP contribution in [0.15, 0.2) is 24.3 Å². The number of hydrogen-bond acceptors (Lipinski definition) is 4. The van der Waals surface area contributed by atoms with Gasteiger partial charge >= 0.3 is 0 Å². The predicted octanol–water partition coefficient (Wildman–Crippen LogP) is 3.00. The number of carbonyl (C=O) groups is 1. The monoisotopic (exact) mass is 342 g/mol. The summed E-state index contributed by atoms with van der Waals surface area (Å²) in [5.74, 6) is 0.668. The first kappa shape index (κ1) is 17.9. The van der Waals surface area contributed by atoms with E-state index in [4.69, 9.17) is 14.7 Å². The molecule has 1 spiro atoms. The second-order valence-electron chi connectivity index (χ2n) is 7.16. The third-order valence-corrected chi connectivity index (χ3v) is 5.53. The van der Waals surface area contributed by atoms with E-state index >= 15 is 0 Å². The van der Waals surface area contributed by atoms with E-state index in [0.717, 1.165) is 45.3 Å². The molecule has 0 bridgehead atoms. The zero-order chi connectivity index (χ0) is 17.7. The molecule has 0 radical (unpaired) electrons. The van der Waals surface area contributed by atoms with Gasteiger partial charge in [0.2, 0.25) is 0 Å². The third-order valence-electron chi connectivity index (χ3n) is 5.53. The number of nitriles is 1. The number of rotatable bonds is 4. The number of likely N-dealkylation sites (tertiary alicyclic amines) is 1. The lowest BCUT2D eigenvalue weighted by molar-refractivity contribution is -0.125. The van der Waals surface area contributed by atoms with Crippen molar-refractivity contribution >= 4 is 5.91 Å². The van der Waals surface area contributed by atoms with Crippen LogP contribution in [0.1, 0.15) is 48.0 Å². The molecule has 1 amide bonds. The molecule has 2 saturated heterocycles. The Bertz CT molecular complexity index is 645. The van der Waals surface area contributed by atoms with Gasteiger partial charge in [-0.1, -0.05) is 6.07 Å². The van der Waals surface area contributed by atoms with Crippen molar-refractivity contribution in [3.8, 4) is 6.07 Å². The Labute approximate surface area is 149 Å². The topological polar surface area (TPSA) is 62.6 Å². The van der Waals surface area contributed by atoms with Crippen LogP contribution in [0.4, 0.5) is 0 Å². The van der Waals surface area contributed by atoms with Crippen molar-refractivity contribution in [3.05, 3.63) is 35.4 Å². The van der Waals surface area contributed by atoms with Gasteiger partial charge in [-0.2, -0.15) is 5.26 Å². The molecule has 5 heteroatoms. The van der Waals surface area contributed by atoms with Gasteiger partial charge in [-0.15, -0.1) is 0 Å². The molecule has 2 fully saturated rings. The van der Waals surface area contributed by atoms with Crippen molar-refractivity contribution in [1.29, 1.82) is 5.26 Å². The molecule has 2 aliphatic rings. The van der Waals surface area contributed by atoms with Gasteiger partial charge in [0.1, 0.15) is 0 Å². The number of piperidine rings is 1. The summed E-state index contributed by atoms with van der Waals surface area (Å²) < 4.78 is 11.4. The fourth-order valence-corrected chi connectivity index (χ4v) is 4.03. The summed E-state index contributed by atoms with van der Waals surface area (Å²) in [5, 5.41) is 9.01. The Morgan fingerprint density at radius 2 is 2.24 bits per heavy atom. The van der Waals surface area contributed by atoms with E-state index in [9.17, 15) is 4.79 Å². The van der Waals surface area contributed by atoms with Crippen LogP contribution < -0.4 is 0 Å². The van der Waals surface area contributed by atoms with Crippen molar-refractivity contribution in [2.45, 2.75) is 37.7 Å². The molecule has 1 unspecified atom stereocenters. The summed E-state index contributed by atoms with van der Waals surface area (Å²) in [6.07, 6.45) is 5.04. The maximum Gasteiger partial charge on any atom is 0.253 e. The van der Waals surface area contributed by atoms with E-state index in [1.165, 1.54) is 0 Å². The lowest BCUT2D eigenvalue weighted by Crippen LogP contribution is -2.50. The summed E-state index contributed by atoms with van der Waals surface area (Å²) in [7, 11) is 1.75. The van der Waals surface area contributed by atoms with Gasteiger partial charge < -0.3 is 14.4 Å². The maximum absolute atomic E-state index is 12.7. The van der Waals surface area contributed by atoms with Crippen LogP contribution in [0.25, 0.3) is 0 Å². The van der Waals surface area contributed by atoms with E-state index in [1.54, 1.807) is 31.4 Å². The predicted molar refractivity (Wildman–Crippen MR) is 94.2 cm³/mol. The largest absolute Gasteiger partial charge is 0.385 e. The fourth-order valence-electron chi connectivity index (χ4n) is 4.03. The lowest BCUT2D eigenvalue weighted by atomic mass is 9.78. The van der Waals surface area contributed by atoms with Crippen molar-refractivity contribution in [1.82, 2.24) is 4.90 Å². The maximum atomic E-state index is 12.7.